The molecular weight excluding hydrogens is 337 g/mol. The maximum absolute atomic E-state index is 12.8. The lowest BCUT2D eigenvalue weighted by Gasteiger charge is -2.17. The highest BCUT2D eigenvalue weighted by molar-refractivity contribution is 5.77. The van der Waals surface area contributed by atoms with E-state index >= 15 is 0 Å². The van der Waals surface area contributed by atoms with E-state index in [9.17, 15) is 18.0 Å². The molecule has 0 spiro atoms. The highest BCUT2D eigenvalue weighted by Crippen LogP contribution is 2.31. The normalized spacial score (nSPS) is 11.8. The van der Waals surface area contributed by atoms with Gasteiger partial charge in [0, 0.05) is 12.1 Å². The van der Waals surface area contributed by atoms with E-state index in [1.807, 2.05) is 13.8 Å². The number of hydrogen-bond acceptors (Lipinski definition) is 5. The van der Waals surface area contributed by atoms with Gasteiger partial charge in [-0.05, 0) is 25.6 Å². The third-order valence-corrected chi connectivity index (χ3v) is 3.46. The topological polar surface area (TPSA) is 71.3 Å². The van der Waals surface area contributed by atoms with Crippen LogP contribution >= 0.6 is 0 Å². The van der Waals surface area contributed by atoms with Crippen molar-refractivity contribution >= 4 is 5.91 Å². The molecule has 6 nitrogen and oxygen atoms in total. The summed E-state index contributed by atoms with van der Waals surface area (Å²) >= 11 is 0. The Morgan fingerprint density at radius 3 is 2.72 bits per heavy atom. The Balaban J connectivity index is 2.10. The number of carbonyl (C=O) groups is 1. The van der Waals surface area contributed by atoms with Crippen LogP contribution in [0.15, 0.2) is 28.8 Å². The van der Waals surface area contributed by atoms with Gasteiger partial charge >= 0.3 is 6.18 Å². The molecular formula is C16H19F3N4O2. The van der Waals surface area contributed by atoms with Crippen molar-refractivity contribution in [3.63, 3.8) is 0 Å². The zero-order valence-corrected chi connectivity index (χ0v) is 13.9. The molecule has 0 atom stereocenters. The van der Waals surface area contributed by atoms with Crippen molar-refractivity contribution in [1.29, 1.82) is 0 Å². The summed E-state index contributed by atoms with van der Waals surface area (Å²) in [5, 5.41) is 6.43. The Labute approximate surface area is 143 Å². The van der Waals surface area contributed by atoms with Crippen molar-refractivity contribution in [3.05, 3.63) is 35.7 Å². The van der Waals surface area contributed by atoms with Crippen LogP contribution in [-0.4, -0.2) is 40.6 Å². The summed E-state index contributed by atoms with van der Waals surface area (Å²) in [6.07, 6.45) is -4.44. The van der Waals surface area contributed by atoms with Crippen LogP contribution in [0.2, 0.25) is 0 Å². The van der Waals surface area contributed by atoms with Crippen molar-refractivity contribution in [2.24, 2.45) is 0 Å². The minimum Gasteiger partial charge on any atom is -0.355 e. The lowest BCUT2D eigenvalue weighted by atomic mass is 10.1. The number of amides is 1. The third kappa shape index (κ3) is 5.28. The van der Waals surface area contributed by atoms with Gasteiger partial charge in [-0.2, -0.15) is 18.2 Å². The van der Waals surface area contributed by atoms with Gasteiger partial charge in [-0.15, -0.1) is 0 Å². The summed E-state index contributed by atoms with van der Waals surface area (Å²) in [7, 11) is 0. The minimum absolute atomic E-state index is 0.0789. The number of alkyl halides is 3. The molecule has 0 fully saturated rings. The molecule has 1 aromatic heterocycles. The summed E-state index contributed by atoms with van der Waals surface area (Å²) in [6, 6.07) is 4.73. The zero-order chi connectivity index (χ0) is 18.4. The number of carbonyl (C=O) groups excluding carboxylic acids is 1. The third-order valence-electron chi connectivity index (χ3n) is 3.46. The van der Waals surface area contributed by atoms with Gasteiger partial charge in [0.2, 0.25) is 17.6 Å². The van der Waals surface area contributed by atoms with Crippen molar-refractivity contribution in [2.45, 2.75) is 26.6 Å². The molecule has 1 aromatic carbocycles. The van der Waals surface area contributed by atoms with Crippen LogP contribution in [0.3, 0.4) is 0 Å². The largest absolute Gasteiger partial charge is 0.416 e. The van der Waals surface area contributed by atoms with Crippen molar-refractivity contribution < 1.29 is 22.5 Å². The first kappa shape index (κ1) is 18.9. The van der Waals surface area contributed by atoms with Crippen molar-refractivity contribution in [2.75, 3.05) is 19.6 Å². The molecule has 0 saturated carbocycles. The van der Waals surface area contributed by atoms with Gasteiger partial charge in [0.15, 0.2) is 0 Å². The highest BCUT2D eigenvalue weighted by atomic mass is 19.4. The number of halogens is 3. The summed E-state index contributed by atoms with van der Waals surface area (Å²) in [4.78, 5) is 17.5. The van der Waals surface area contributed by atoms with E-state index in [4.69, 9.17) is 4.52 Å². The van der Waals surface area contributed by atoms with E-state index in [1.54, 1.807) is 4.90 Å². The number of rotatable bonds is 7. The number of aromatic nitrogens is 2. The fraction of sp³-hybridized carbons (Fsp3) is 0.438. The second kappa shape index (κ2) is 8.11. The second-order valence-corrected chi connectivity index (χ2v) is 5.35. The highest BCUT2D eigenvalue weighted by Gasteiger charge is 2.30. The molecule has 0 saturated heterocycles. The molecule has 136 valence electrons. The first-order valence-electron chi connectivity index (χ1n) is 7.82. The molecule has 1 heterocycles. The Bertz CT molecular complexity index is 715. The predicted octanol–water partition coefficient (Wildman–Crippen LogP) is 2.71. The van der Waals surface area contributed by atoms with Crippen LogP contribution in [0.25, 0.3) is 11.4 Å². The minimum atomic E-state index is -4.44. The molecule has 25 heavy (non-hydrogen) atoms. The Morgan fingerprint density at radius 2 is 2.08 bits per heavy atom. The lowest BCUT2D eigenvalue weighted by Crippen LogP contribution is -2.36. The summed E-state index contributed by atoms with van der Waals surface area (Å²) in [6.45, 7) is 5.23. The molecule has 0 unspecified atom stereocenters. The molecule has 0 aliphatic rings. The Morgan fingerprint density at radius 1 is 1.32 bits per heavy atom. The van der Waals surface area contributed by atoms with Crippen LogP contribution in [0.5, 0.6) is 0 Å². The van der Waals surface area contributed by atoms with E-state index in [2.05, 4.69) is 15.5 Å². The molecule has 2 aromatic rings. The maximum atomic E-state index is 12.8. The molecule has 0 aliphatic heterocycles. The summed E-state index contributed by atoms with van der Waals surface area (Å²) in [5.74, 6) is 0.190. The van der Waals surface area contributed by atoms with Crippen LogP contribution in [0.4, 0.5) is 13.2 Å². The smallest absolute Gasteiger partial charge is 0.355 e. The Hall–Kier alpha value is -2.42. The van der Waals surface area contributed by atoms with E-state index < -0.39 is 11.7 Å². The first-order chi connectivity index (χ1) is 11.8. The quantitative estimate of drug-likeness (QED) is 0.826. The standard InChI is InChI=1S/C16H19F3N4O2/c1-3-20-13(24)9-23(4-2)10-14-21-15(22-25-14)11-6-5-7-12(8-11)16(17,18)19/h5-8H,3-4,9-10H2,1-2H3,(H,20,24). The SMILES string of the molecule is CCNC(=O)CN(CC)Cc1nc(-c2cccc(C(F)(F)F)c2)no1. The molecule has 2 rings (SSSR count). The van der Waals surface area contributed by atoms with Gasteiger partial charge in [0.25, 0.3) is 0 Å². The predicted molar refractivity (Wildman–Crippen MR) is 84.4 cm³/mol. The van der Waals surface area contributed by atoms with Crippen molar-refractivity contribution in [1.82, 2.24) is 20.4 Å². The average Bonchev–Trinajstić information content (AvgIpc) is 3.02. The molecule has 1 N–H and O–H groups in total. The molecule has 0 bridgehead atoms. The van der Waals surface area contributed by atoms with Crippen LogP contribution in [0, 0.1) is 0 Å². The van der Waals surface area contributed by atoms with Crippen LogP contribution in [0.1, 0.15) is 25.3 Å². The number of likely N-dealkylation sites (N-methyl/N-ethyl adjacent to an activating group) is 2. The summed E-state index contributed by atoms with van der Waals surface area (Å²) < 4.78 is 43.4. The van der Waals surface area contributed by atoms with Crippen LogP contribution in [-0.2, 0) is 17.5 Å². The van der Waals surface area contributed by atoms with E-state index in [-0.39, 0.29) is 36.3 Å². The van der Waals surface area contributed by atoms with E-state index in [0.29, 0.717) is 13.1 Å². The fourth-order valence-corrected chi connectivity index (χ4v) is 2.20. The van der Waals surface area contributed by atoms with Gasteiger partial charge in [-0.1, -0.05) is 24.2 Å². The van der Waals surface area contributed by atoms with E-state index in [1.165, 1.54) is 12.1 Å². The van der Waals surface area contributed by atoms with Gasteiger partial charge in [0.1, 0.15) is 0 Å². The average molecular weight is 356 g/mol. The maximum Gasteiger partial charge on any atom is 0.416 e. The van der Waals surface area contributed by atoms with E-state index in [0.717, 1.165) is 12.1 Å². The molecule has 0 aliphatic carbocycles. The molecule has 0 radical (unpaired) electrons. The fourth-order valence-electron chi connectivity index (χ4n) is 2.20. The zero-order valence-electron chi connectivity index (χ0n) is 13.9. The first-order valence-corrected chi connectivity index (χ1v) is 7.82. The number of hydrogen-bond donors (Lipinski definition) is 1. The van der Waals surface area contributed by atoms with Gasteiger partial charge in [-0.25, -0.2) is 0 Å². The Kier molecular flexibility index (Phi) is 6.13. The second-order valence-electron chi connectivity index (χ2n) is 5.35. The molecule has 9 heteroatoms. The van der Waals surface area contributed by atoms with Crippen molar-refractivity contribution in [3.8, 4) is 11.4 Å². The number of nitrogens with one attached hydrogen (secondary N) is 1. The lowest BCUT2D eigenvalue weighted by molar-refractivity contribution is -0.137. The van der Waals surface area contributed by atoms with Gasteiger partial charge in [0.05, 0.1) is 18.7 Å². The van der Waals surface area contributed by atoms with Gasteiger partial charge < -0.3 is 9.84 Å². The number of nitrogens with zero attached hydrogens (tertiary/aromatic N) is 3. The molecule has 1 amide bonds. The summed E-state index contributed by atoms with van der Waals surface area (Å²) in [5.41, 5.74) is -0.556. The monoisotopic (exact) mass is 356 g/mol. The van der Waals surface area contributed by atoms with Gasteiger partial charge in [-0.3, -0.25) is 9.69 Å². The number of benzene rings is 1. The van der Waals surface area contributed by atoms with Crippen LogP contribution < -0.4 is 5.32 Å².